The number of aromatic carboxylic acids is 2. The Morgan fingerprint density at radius 1 is 0.974 bits per heavy atom. The Hall–Kier alpha value is -4.73. The zero-order valence-corrected chi connectivity index (χ0v) is 21.8. The van der Waals surface area contributed by atoms with Crippen molar-refractivity contribution in [2.24, 2.45) is 5.10 Å². The molecule has 0 radical (unpaired) electrons. The van der Waals surface area contributed by atoms with E-state index >= 15 is 0 Å². The molecule has 1 aromatic heterocycles. The first-order chi connectivity index (χ1) is 18.0. The second-order valence-electron chi connectivity index (χ2n) is 9.04. The zero-order valence-electron chi connectivity index (χ0n) is 21.8. The number of carboxylic acids is 2. The van der Waals surface area contributed by atoms with Crippen LogP contribution < -0.4 is 21.2 Å². The summed E-state index contributed by atoms with van der Waals surface area (Å²) in [5, 5.41) is 24.7. The van der Waals surface area contributed by atoms with Crippen LogP contribution in [-0.4, -0.2) is 57.8 Å². The van der Waals surface area contributed by atoms with Crippen molar-refractivity contribution in [1.82, 2.24) is 9.58 Å². The van der Waals surface area contributed by atoms with E-state index in [9.17, 15) is 29.4 Å². The van der Waals surface area contributed by atoms with Crippen molar-refractivity contribution in [3.63, 3.8) is 0 Å². The van der Waals surface area contributed by atoms with Gasteiger partial charge in [0.05, 0.1) is 22.4 Å². The van der Waals surface area contributed by atoms with Crippen LogP contribution in [0, 0.1) is 13.8 Å². The number of rotatable bonds is 7. The van der Waals surface area contributed by atoms with E-state index in [-0.39, 0.29) is 33.1 Å². The molecule has 0 bridgehead atoms. The predicted molar refractivity (Wildman–Crippen MR) is 142 cm³/mol. The third-order valence-corrected chi connectivity index (χ3v) is 6.75. The third kappa shape index (κ3) is 4.45. The van der Waals surface area contributed by atoms with Gasteiger partial charge in [0.25, 0.3) is 11.5 Å². The lowest BCUT2D eigenvalue weighted by Gasteiger charge is -2.21. The van der Waals surface area contributed by atoms with Gasteiger partial charge in [-0.25, -0.2) is 14.6 Å². The number of aromatic nitrogens is 1. The summed E-state index contributed by atoms with van der Waals surface area (Å²) in [4.78, 5) is 52.6. The maximum Gasteiger partial charge on any atom is 0.335 e. The van der Waals surface area contributed by atoms with E-state index in [1.807, 2.05) is 25.1 Å². The quantitative estimate of drug-likeness (QED) is 0.492. The SMILES string of the molecule is CCN(CC)c1ccc(/C=c2\c(C)c3c(n(-c4cc(C(=O)O)cc(C(=O)O)c4)c2=O)=NN(C)C3=O)c(C)c1. The summed E-state index contributed by atoms with van der Waals surface area (Å²) in [6.45, 7) is 9.44. The van der Waals surface area contributed by atoms with Crippen LogP contribution in [0.4, 0.5) is 5.69 Å². The van der Waals surface area contributed by atoms with Gasteiger partial charge in [0.15, 0.2) is 5.49 Å². The fraction of sp³-hybridized carbons (Fsp3) is 0.250. The van der Waals surface area contributed by atoms with Gasteiger partial charge in [0, 0.05) is 31.0 Å². The molecule has 0 saturated carbocycles. The lowest BCUT2D eigenvalue weighted by Crippen LogP contribution is -2.45. The molecule has 2 N–H and O–H groups in total. The Morgan fingerprint density at radius 3 is 2.11 bits per heavy atom. The van der Waals surface area contributed by atoms with Gasteiger partial charge in [-0.05, 0) is 80.8 Å². The molecule has 0 unspecified atom stereocenters. The summed E-state index contributed by atoms with van der Waals surface area (Å²) in [6.07, 6.45) is 1.69. The number of hydrogen-bond acceptors (Lipinski definition) is 6. The largest absolute Gasteiger partial charge is 0.478 e. The van der Waals surface area contributed by atoms with E-state index < -0.39 is 23.4 Å². The van der Waals surface area contributed by atoms with Gasteiger partial charge < -0.3 is 15.1 Å². The molecule has 3 aromatic rings. The van der Waals surface area contributed by atoms with Crippen LogP contribution in [0.15, 0.2) is 46.3 Å². The zero-order chi connectivity index (χ0) is 27.9. The second-order valence-corrected chi connectivity index (χ2v) is 9.04. The van der Waals surface area contributed by atoms with Crippen molar-refractivity contribution in [2.75, 3.05) is 25.0 Å². The summed E-state index contributed by atoms with van der Waals surface area (Å²) in [5.74, 6) is -3.14. The number of benzene rings is 2. The van der Waals surface area contributed by atoms with Crippen LogP contribution in [0.3, 0.4) is 0 Å². The van der Waals surface area contributed by atoms with Gasteiger partial charge >= 0.3 is 11.9 Å². The maximum absolute atomic E-state index is 13.9. The lowest BCUT2D eigenvalue weighted by atomic mass is 10.0. The Balaban J connectivity index is 2.07. The number of nitrogens with zero attached hydrogens (tertiary/aromatic N) is 4. The molecule has 0 aliphatic carbocycles. The number of anilines is 1. The van der Waals surface area contributed by atoms with Crippen LogP contribution in [-0.2, 0) is 0 Å². The first kappa shape index (κ1) is 26.3. The van der Waals surface area contributed by atoms with Crippen LogP contribution in [0.1, 0.15) is 61.6 Å². The van der Waals surface area contributed by atoms with E-state index in [1.165, 1.54) is 19.2 Å². The predicted octanol–water partition coefficient (Wildman–Crippen LogP) is 2.15. The van der Waals surface area contributed by atoms with Crippen molar-refractivity contribution in [1.29, 1.82) is 0 Å². The highest BCUT2D eigenvalue weighted by atomic mass is 16.4. The third-order valence-electron chi connectivity index (χ3n) is 6.75. The van der Waals surface area contributed by atoms with Gasteiger partial charge in [-0.2, -0.15) is 5.10 Å². The van der Waals surface area contributed by atoms with Gasteiger partial charge in [-0.15, -0.1) is 0 Å². The van der Waals surface area contributed by atoms with Crippen molar-refractivity contribution >= 4 is 29.6 Å². The molecule has 196 valence electrons. The minimum Gasteiger partial charge on any atom is -0.478 e. The molecule has 0 atom stereocenters. The molecule has 0 saturated heterocycles. The number of aryl methyl sites for hydroxylation is 1. The average molecular weight is 517 g/mol. The molecule has 0 spiro atoms. The van der Waals surface area contributed by atoms with E-state index in [4.69, 9.17) is 0 Å². The molecule has 1 amide bonds. The number of carbonyl (C=O) groups is 3. The van der Waals surface area contributed by atoms with Crippen LogP contribution in [0.25, 0.3) is 11.8 Å². The first-order valence-electron chi connectivity index (χ1n) is 12.1. The molecule has 38 heavy (non-hydrogen) atoms. The minimum atomic E-state index is -1.35. The molecule has 10 heteroatoms. The standard InChI is InChI=1S/C28H28N4O6/c1-6-31(7-2)20-9-8-17(15(3)10-20)14-22-16(4)23-24(29-30(5)26(23)34)32(25(22)33)21-12-18(27(35)36)11-19(13-21)28(37)38/h8-14H,6-7H2,1-5H3,(H,35,36)(H,37,38)/b22-14+. The Bertz CT molecular complexity index is 1650. The molecule has 10 nitrogen and oxygen atoms in total. The topological polar surface area (TPSA) is 133 Å². The van der Waals surface area contributed by atoms with E-state index in [0.29, 0.717) is 5.56 Å². The van der Waals surface area contributed by atoms with Crippen LogP contribution in [0.2, 0.25) is 0 Å². The number of amides is 1. The molecule has 4 rings (SSSR count). The molecule has 2 heterocycles. The molecular weight excluding hydrogens is 488 g/mol. The molecule has 1 aliphatic rings. The fourth-order valence-corrected chi connectivity index (χ4v) is 4.65. The highest BCUT2D eigenvalue weighted by molar-refractivity contribution is 5.97. The van der Waals surface area contributed by atoms with Crippen LogP contribution in [0.5, 0.6) is 0 Å². The second kappa shape index (κ2) is 9.97. The molecule has 1 aliphatic heterocycles. The number of fused-ring (bicyclic) bond motifs is 1. The Kier molecular flexibility index (Phi) is 6.91. The Morgan fingerprint density at radius 2 is 1.58 bits per heavy atom. The fourth-order valence-electron chi connectivity index (χ4n) is 4.65. The molecule has 0 fully saturated rings. The Labute approximate surface area is 218 Å². The van der Waals surface area contributed by atoms with Crippen LogP contribution >= 0.6 is 0 Å². The number of carboxylic acid groups (broad SMARTS) is 2. The highest BCUT2D eigenvalue weighted by Gasteiger charge is 2.28. The summed E-state index contributed by atoms with van der Waals surface area (Å²) in [7, 11) is 1.45. The molecule has 2 aromatic carbocycles. The summed E-state index contributed by atoms with van der Waals surface area (Å²) < 4.78 is 1.11. The van der Waals surface area contributed by atoms with Crippen molar-refractivity contribution in [3.05, 3.63) is 90.8 Å². The summed E-state index contributed by atoms with van der Waals surface area (Å²) in [6, 6.07) is 9.30. The maximum atomic E-state index is 13.9. The number of hydrogen-bond donors (Lipinski definition) is 2. The average Bonchev–Trinajstić information content (AvgIpc) is 3.17. The minimum absolute atomic E-state index is 0.0151. The summed E-state index contributed by atoms with van der Waals surface area (Å²) in [5.41, 5.74) is 2.19. The molecular formula is C28H28N4O6. The van der Waals surface area contributed by atoms with E-state index in [0.717, 1.165) is 45.5 Å². The first-order valence-corrected chi connectivity index (χ1v) is 12.1. The van der Waals surface area contributed by atoms with Gasteiger partial charge in [-0.1, -0.05) is 6.07 Å². The highest BCUT2D eigenvalue weighted by Crippen LogP contribution is 2.20. The smallest absolute Gasteiger partial charge is 0.335 e. The van der Waals surface area contributed by atoms with Gasteiger partial charge in [-0.3, -0.25) is 14.2 Å². The van der Waals surface area contributed by atoms with E-state index in [1.54, 1.807) is 13.0 Å². The van der Waals surface area contributed by atoms with Gasteiger partial charge in [0.1, 0.15) is 0 Å². The number of pyridine rings is 1. The van der Waals surface area contributed by atoms with Gasteiger partial charge in [0.2, 0.25) is 0 Å². The lowest BCUT2D eigenvalue weighted by molar-refractivity contribution is 0.0696. The monoisotopic (exact) mass is 516 g/mol. The number of carbonyl (C=O) groups excluding carboxylic acids is 1. The van der Waals surface area contributed by atoms with Crippen molar-refractivity contribution in [3.8, 4) is 5.69 Å². The van der Waals surface area contributed by atoms with Crippen molar-refractivity contribution in [2.45, 2.75) is 27.7 Å². The van der Waals surface area contributed by atoms with Crippen molar-refractivity contribution < 1.29 is 24.6 Å². The summed E-state index contributed by atoms with van der Waals surface area (Å²) >= 11 is 0. The normalized spacial score (nSPS) is 12.9. The van der Waals surface area contributed by atoms with E-state index in [2.05, 4.69) is 23.8 Å².